The van der Waals surface area contributed by atoms with Crippen LogP contribution in [0.3, 0.4) is 0 Å². The Balaban J connectivity index is 2.35. The van der Waals surface area contributed by atoms with Gasteiger partial charge >= 0.3 is 0 Å². The molecule has 0 aliphatic carbocycles. The fourth-order valence-electron chi connectivity index (χ4n) is 1.86. The normalized spacial score (nSPS) is 11.0. The second-order valence-corrected chi connectivity index (χ2v) is 5.91. The van der Waals surface area contributed by atoms with E-state index in [1.165, 1.54) is 12.4 Å². The van der Waals surface area contributed by atoms with Crippen molar-refractivity contribution < 1.29 is 9.59 Å². The Bertz CT molecular complexity index is 597. The van der Waals surface area contributed by atoms with Gasteiger partial charge in [-0.3, -0.25) is 14.6 Å². The molecule has 0 saturated carbocycles. The fourth-order valence-corrected chi connectivity index (χ4v) is 1.86. The van der Waals surface area contributed by atoms with Crippen LogP contribution in [0.15, 0.2) is 54.9 Å². The average molecular weight is 297 g/mol. The molecule has 1 aromatic carbocycles. The Hall–Kier alpha value is -2.53. The number of hydrazine groups is 1. The summed E-state index contributed by atoms with van der Waals surface area (Å²) in [5, 5.41) is 1.06. The molecule has 2 rings (SSSR count). The minimum atomic E-state index is -0.437. The van der Waals surface area contributed by atoms with Gasteiger partial charge in [0.1, 0.15) is 0 Å². The number of imide groups is 1. The molecule has 0 radical (unpaired) electrons. The third-order valence-electron chi connectivity index (χ3n) is 2.80. The first-order valence-corrected chi connectivity index (χ1v) is 7.00. The van der Waals surface area contributed by atoms with Crippen molar-refractivity contribution in [3.8, 4) is 0 Å². The molecule has 0 aliphatic heterocycles. The fraction of sp³-hybridized carbons (Fsp3) is 0.235. The molecule has 2 amide bonds. The van der Waals surface area contributed by atoms with Gasteiger partial charge in [-0.1, -0.05) is 18.2 Å². The predicted molar refractivity (Wildman–Crippen MR) is 84.1 cm³/mol. The Morgan fingerprint density at radius 1 is 0.909 bits per heavy atom. The Labute approximate surface area is 130 Å². The van der Waals surface area contributed by atoms with Gasteiger partial charge in [0.25, 0.3) is 11.8 Å². The molecule has 0 fully saturated rings. The van der Waals surface area contributed by atoms with E-state index in [9.17, 15) is 9.59 Å². The highest BCUT2D eigenvalue weighted by molar-refractivity contribution is 6.09. The lowest BCUT2D eigenvalue weighted by Crippen LogP contribution is -2.54. The SMILES string of the molecule is CC(C)(C)NN(C(=O)c1ccccc1)C(=O)c1ccncc1. The molecule has 0 unspecified atom stereocenters. The minimum Gasteiger partial charge on any atom is -0.267 e. The van der Waals surface area contributed by atoms with Crippen molar-refractivity contribution in [1.82, 2.24) is 15.4 Å². The van der Waals surface area contributed by atoms with Gasteiger partial charge < -0.3 is 0 Å². The topological polar surface area (TPSA) is 62.3 Å². The predicted octanol–water partition coefficient (Wildman–Crippen LogP) is 2.67. The number of carbonyl (C=O) groups is 2. The maximum atomic E-state index is 12.7. The zero-order valence-electron chi connectivity index (χ0n) is 12.9. The van der Waals surface area contributed by atoms with E-state index in [1.807, 2.05) is 26.8 Å². The average Bonchev–Trinajstić information content (AvgIpc) is 2.52. The van der Waals surface area contributed by atoms with E-state index >= 15 is 0 Å². The molecule has 0 aliphatic rings. The molecule has 1 heterocycles. The lowest BCUT2D eigenvalue weighted by atomic mass is 10.1. The molecule has 0 saturated heterocycles. The third kappa shape index (κ3) is 3.99. The molecule has 114 valence electrons. The summed E-state index contributed by atoms with van der Waals surface area (Å²) in [5.74, 6) is -0.802. The lowest BCUT2D eigenvalue weighted by molar-refractivity contribution is 0.0452. The van der Waals surface area contributed by atoms with E-state index < -0.39 is 17.4 Å². The highest BCUT2D eigenvalue weighted by Gasteiger charge is 2.27. The number of hydrogen-bond donors (Lipinski definition) is 1. The number of nitrogens with zero attached hydrogens (tertiary/aromatic N) is 2. The first-order chi connectivity index (χ1) is 10.4. The van der Waals surface area contributed by atoms with Crippen LogP contribution < -0.4 is 5.43 Å². The van der Waals surface area contributed by atoms with E-state index in [0.717, 1.165) is 5.01 Å². The van der Waals surface area contributed by atoms with Crippen molar-refractivity contribution >= 4 is 11.8 Å². The smallest absolute Gasteiger partial charge is 0.267 e. The van der Waals surface area contributed by atoms with Crippen LogP contribution in [0, 0.1) is 0 Å². The molecular formula is C17H19N3O2. The summed E-state index contributed by atoms with van der Waals surface area (Å²) in [6, 6.07) is 11.9. The van der Waals surface area contributed by atoms with Gasteiger partial charge in [-0.2, -0.15) is 0 Å². The number of pyridine rings is 1. The third-order valence-corrected chi connectivity index (χ3v) is 2.80. The number of nitrogens with one attached hydrogen (secondary N) is 1. The number of carbonyl (C=O) groups excluding carboxylic acids is 2. The Morgan fingerprint density at radius 2 is 1.41 bits per heavy atom. The van der Waals surface area contributed by atoms with Gasteiger partial charge in [0.15, 0.2) is 0 Å². The van der Waals surface area contributed by atoms with Crippen molar-refractivity contribution in [2.24, 2.45) is 0 Å². The molecule has 5 heteroatoms. The molecule has 0 atom stereocenters. The minimum absolute atomic E-state index is 0.391. The van der Waals surface area contributed by atoms with Crippen molar-refractivity contribution in [1.29, 1.82) is 0 Å². The van der Waals surface area contributed by atoms with Crippen LogP contribution in [0.4, 0.5) is 0 Å². The number of hydrogen-bond acceptors (Lipinski definition) is 4. The first kappa shape index (κ1) is 15.9. The summed E-state index contributed by atoms with van der Waals surface area (Å²) in [6.45, 7) is 5.66. The van der Waals surface area contributed by atoms with Crippen LogP contribution in [0.25, 0.3) is 0 Å². The molecule has 1 aromatic heterocycles. The summed E-state index contributed by atoms with van der Waals surface area (Å²) in [4.78, 5) is 29.2. The van der Waals surface area contributed by atoms with Crippen LogP contribution in [-0.2, 0) is 0 Å². The summed E-state index contributed by atoms with van der Waals surface area (Å²) >= 11 is 0. The highest BCUT2D eigenvalue weighted by Crippen LogP contribution is 2.11. The summed E-state index contributed by atoms with van der Waals surface area (Å²) in [7, 11) is 0. The van der Waals surface area contributed by atoms with E-state index in [2.05, 4.69) is 10.4 Å². The Morgan fingerprint density at radius 3 is 1.91 bits per heavy atom. The van der Waals surface area contributed by atoms with E-state index in [4.69, 9.17) is 0 Å². The van der Waals surface area contributed by atoms with E-state index in [0.29, 0.717) is 11.1 Å². The van der Waals surface area contributed by atoms with Gasteiger partial charge in [-0.25, -0.2) is 10.4 Å². The molecule has 22 heavy (non-hydrogen) atoms. The van der Waals surface area contributed by atoms with Crippen LogP contribution in [0.5, 0.6) is 0 Å². The highest BCUT2D eigenvalue weighted by atomic mass is 16.2. The van der Waals surface area contributed by atoms with Crippen LogP contribution in [0.1, 0.15) is 41.5 Å². The zero-order valence-corrected chi connectivity index (χ0v) is 12.9. The van der Waals surface area contributed by atoms with Gasteiger partial charge in [0.05, 0.1) is 0 Å². The lowest BCUT2D eigenvalue weighted by Gasteiger charge is -2.30. The molecule has 2 aromatic rings. The second-order valence-electron chi connectivity index (χ2n) is 5.91. The molecular weight excluding hydrogens is 278 g/mol. The maximum Gasteiger partial charge on any atom is 0.275 e. The number of benzene rings is 1. The second kappa shape index (κ2) is 6.49. The van der Waals surface area contributed by atoms with Gasteiger partial charge in [-0.15, -0.1) is 0 Å². The maximum absolute atomic E-state index is 12.7. The van der Waals surface area contributed by atoms with Gasteiger partial charge in [-0.05, 0) is 45.0 Å². The van der Waals surface area contributed by atoms with Crippen LogP contribution in [-0.4, -0.2) is 27.3 Å². The van der Waals surface area contributed by atoms with E-state index in [-0.39, 0.29) is 0 Å². The van der Waals surface area contributed by atoms with Crippen molar-refractivity contribution in [2.75, 3.05) is 0 Å². The van der Waals surface area contributed by atoms with Crippen molar-refractivity contribution in [3.63, 3.8) is 0 Å². The largest absolute Gasteiger partial charge is 0.275 e. The quantitative estimate of drug-likeness (QED) is 0.699. The summed E-state index contributed by atoms with van der Waals surface area (Å²) in [6.07, 6.45) is 3.05. The summed E-state index contributed by atoms with van der Waals surface area (Å²) < 4.78 is 0. The number of aromatic nitrogens is 1. The zero-order chi connectivity index (χ0) is 16.2. The number of amides is 2. The first-order valence-electron chi connectivity index (χ1n) is 7.00. The van der Waals surface area contributed by atoms with Gasteiger partial charge in [0, 0.05) is 29.1 Å². The van der Waals surface area contributed by atoms with Crippen LogP contribution >= 0.6 is 0 Å². The van der Waals surface area contributed by atoms with E-state index in [1.54, 1.807) is 36.4 Å². The standard InChI is InChI=1S/C17H19N3O2/c1-17(2,3)19-20(15(21)13-7-5-4-6-8-13)16(22)14-9-11-18-12-10-14/h4-12,19H,1-3H3. The molecule has 5 nitrogen and oxygen atoms in total. The molecule has 1 N–H and O–H groups in total. The van der Waals surface area contributed by atoms with Crippen LogP contribution in [0.2, 0.25) is 0 Å². The molecule has 0 bridgehead atoms. The van der Waals surface area contributed by atoms with Crippen molar-refractivity contribution in [2.45, 2.75) is 26.3 Å². The Kier molecular flexibility index (Phi) is 4.68. The summed E-state index contributed by atoms with van der Waals surface area (Å²) in [5.41, 5.74) is 3.37. The molecule has 0 spiro atoms. The number of rotatable bonds is 3. The van der Waals surface area contributed by atoms with Crippen molar-refractivity contribution in [3.05, 3.63) is 66.0 Å². The monoisotopic (exact) mass is 297 g/mol. The van der Waals surface area contributed by atoms with Gasteiger partial charge in [0.2, 0.25) is 0 Å².